The highest BCUT2D eigenvalue weighted by Gasteiger charge is 2.15. The van der Waals surface area contributed by atoms with Gasteiger partial charge in [0.1, 0.15) is 5.69 Å². The van der Waals surface area contributed by atoms with E-state index in [0.29, 0.717) is 12.4 Å². The third-order valence-electron chi connectivity index (χ3n) is 2.15. The minimum absolute atomic E-state index is 0.0996. The Morgan fingerprint density at radius 3 is 2.94 bits per heavy atom. The predicted octanol–water partition coefficient (Wildman–Crippen LogP) is 1.00. The van der Waals surface area contributed by atoms with Gasteiger partial charge in [0.15, 0.2) is 5.82 Å². The smallest absolute Gasteiger partial charge is 0.216 e. The summed E-state index contributed by atoms with van der Waals surface area (Å²) in [7, 11) is 0. The van der Waals surface area contributed by atoms with E-state index < -0.39 is 6.29 Å². The summed E-state index contributed by atoms with van der Waals surface area (Å²) in [5, 5.41) is 23.3. The van der Waals surface area contributed by atoms with Crippen LogP contribution in [0.3, 0.4) is 0 Å². The molecule has 2 heterocycles. The van der Waals surface area contributed by atoms with Gasteiger partial charge in [-0.05, 0) is 19.1 Å². The number of hydrogen-bond donors (Lipinski definition) is 2. The van der Waals surface area contributed by atoms with Crippen molar-refractivity contribution >= 4 is 0 Å². The molecule has 0 aromatic carbocycles. The quantitative estimate of drug-likeness (QED) is 0.773. The number of rotatable bonds is 4. The van der Waals surface area contributed by atoms with Crippen molar-refractivity contribution in [1.82, 2.24) is 14.8 Å². The fourth-order valence-corrected chi connectivity index (χ4v) is 1.40. The molecule has 0 saturated carbocycles. The molecule has 6 nitrogen and oxygen atoms in total. The van der Waals surface area contributed by atoms with Gasteiger partial charge >= 0.3 is 0 Å². The maximum absolute atomic E-state index is 9.70. The van der Waals surface area contributed by atoms with Crippen molar-refractivity contribution in [2.24, 2.45) is 0 Å². The van der Waals surface area contributed by atoms with Gasteiger partial charge in [0.05, 0.1) is 0 Å². The number of ether oxygens (including phenoxy) is 1. The number of aliphatic hydroxyl groups is 1. The molecular weight excluding hydrogens is 222 g/mol. The lowest BCUT2D eigenvalue weighted by Crippen LogP contribution is -2.05. The van der Waals surface area contributed by atoms with Crippen LogP contribution in [0.25, 0.3) is 5.82 Å². The number of hydrogen-bond acceptors (Lipinski definition) is 5. The fourth-order valence-electron chi connectivity index (χ4n) is 1.40. The van der Waals surface area contributed by atoms with E-state index in [-0.39, 0.29) is 11.6 Å². The molecule has 2 aromatic rings. The summed E-state index contributed by atoms with van der Waals surface area (Å²) in [4.78, 5) is 4.05. The number of nitrogens with zero attached hydrogens (tertiary/aromatic N) is 3. The van der Waals surface area contributed by atoms with E-state index in [0.717, 1.165) is 0 Å². The molecule has 0 fully saturated rings. The van der Waals surface area contributed by atoms with Crippen LogP contribution >= 0.6 is 0 Å². The molecule has 0 aliphatic rings. The van der Waals surface area contributed by atoms with Crippen LogP contribution in [-0.2, 0) is 4.74 Å². The first-order valence-corrected chi connectivity index (χ1v) is 5.22. The fraction of sp³-hybridized carbons (Fsp3) is 0.273. The van der Waals surface area contributed by atoms with Crippen molar-refractivity contribution in [2.75, 3.05) is 6.61 Å². The summed E-state index contributed by atoms with van der Waals surface area (Å²) in [5.41, 5.74) is 0.245. The minimum Gasteiger partial charge on any atom is -0.493 e. The topological polar surface area (TPSA) is 80.4 Å². The summed E-state index contributed by atoms with van der Waals surface area (Å²) in [6, 6.07) is 6.58. The molecule has 0 radical (unpaired) electrons. The largest absolute Gasteiger partial charge is 0.493 e. The molecule has 0 spiro atoms. The number of aromatic hydroxyl groups is 1. The molecule has 1 atom stereocenters. The van der Waals surface area contributed by atoms with Crippen LogP contribution in [0.2, 0.25) is 0 Å². The Kier molecular flexibility index (Phi) is 3.36. The molecule has 17 heavy (non-hydrogen) atoms. The average Bonchev–Trinajstić information content (AvgIpc) is 2.73. The molecule has 2 N–H and O–H groups in total. The zero-order chi connectivity index (χ0) is 12.3. The standard InChI is InChI=1S/C11H13N3O3/c1-2-17-11(16)8-7-10(15)14(13-8)9-5-3-4-6-12-9/h3-7,11,15-16H,2H2,1H3. The predicted molar refractivity (Wildman–Crippen MR) is 59.6 cm³/mol. The van der Waals surface area contributed by atoms with Crippen LogP contribution in [-0.4, -0.2) is 31.6 Å². The average molecular weight is 235 g/mol. The zero-order valence-electron chi connectivity index (χ0n) is 9.32. The van der Waals surface area contributed by atoms with Crippen molar-refractivity contribution in [2.45, 2.75) is 13.2 Å². The van der Waals surface area contributed by atoms with E-state index in [2.05, 4.69) is 10.1 Å². The molecule has 2 aromatic heterocycles. The van der Waals surface area contributed by atoms with Gasteiger partial charge < -0.3 is 14.9 Å². The van der Waals surface area contributed by atoms with Crippen LogP contribution in [0.5, 0.6) is 5.88 Å². The summed E-state index contributed by atoms with van der Waals surface area (Å²) >= 11 is 0. The Bertz CT molecular complexity index is 484. The minimum atomic E-state index is -1.14. The van der Waals surface area contributed by atoms with E-state index in [9.17, 15) is 10.2 Å². The van der Waals surface area contributed by atoms with Gasteiger partial charge in [-0.2, -0.15) is 9.78 Å². The van der Waals surface area contributed by atoms with Crippen LogP contribution in [0.15, 0.2) is 30.5 Å². The van der Waals surface area contributed by atoms with Crippen LogP contribution < -0.4 is 0 Å². The summed E-state index contributed by atoms with van der Waals surface area (Å²) in [6.45, 7) is 2.12. The monoisotopic (exact) mass is 235 g/mol. The lowest BCUT2D eigenvalue weighted by molar-refractivity contribution is -0.101. The Hall–Kier alpha value is -1.92. The van der Waals surface area contributed by atoms with Crippen molar-refractivity contribution < 1.29 is 14.9 Å². The Morgan fingerprint density at radius 1 is 1.47 bits per heavy atom. The second kappa shape index (κ2) is 4.94. The van der Waals surface area contributed by atoms with Crippen LogP contribution in [0.4, 0.5) is 0 Å². The van der Waals surface area contributed by atoms with E-state index in [4.69, 9.17) is 4.74 Å². The number of aromatic nitrogens is 3. The lowest BCUT2D eigenvalue weighted by atomic mass is 10.4. The molecule has 0 amide bonds. The molecule has 0 bridgehead atoms. The summed E-state index contributed by atoms with van der Waals surface area (Å²) in [5.74, 6) is 0.373. The Morgan fingerprint density at radius 2 is 2.29 bits per heavy atom. The van der Waals surface area contributed by atoms with Gasteiger partial charge in [0.25, 0.3) is 0 Å². The van der Waals surface area contributed by atoms with E-state index in [1.807, 2.05) is 0 Å². The van der Waals surface area contributed by atoms with E-state index >= 15 is 0 Å². The molecule has 0 aliphatic heterocycles. The van der Waals surface area contributed by atoms with E-state index in [1.54, 1.807) is 31.3 Å². The molecule has 0 aliphatic carbocycles. The zero-order valence-corrected chi connectivity index (χ0v) is 9.32. The Labute approximate surface area is 98.1 Å². The van der Waals surface area contributed by atoms with Gasteiger partial charge in [-0.25, -0.2) is 4.98 Å². The molecular formula is C11H13N3O3. The van der Waals surface area contributed by atoms with Gasteiger partial charge in [0.2, 0.25) is 12.2 Å². The molecule has 6 heteroatoms. The third-order valence-corrected chi connectivity index (χ3v) is 2.15. The SMILES string of the molecule is CCOC(O)c1cc(O)n(-c2ccccn2)n1. The number of pyridine rings is 1. The Balaban J connectivity index is 2.31. The second-order valence-electron chi connectivity index (χ2n) is 3.33. The molecule has 1 unspecified atom stereocenters. The first-order chi connectivity index (χ1) is 8.22. The molecule has 0 saturated heterocycles. The van der Waals surface area contributed by atoms with Gasteiger partial charge in [-0.15, -0.1) is 0 Å². The van der Waals surface area contributed by atoms with Crippen LogP contribution in [0.1, 0.15) is 18.9 Å². The highest BCUT2D eigenvalue weighted by atomic mass is 16.6. The highest BCUT2D eigenvalue weighted by molar-refractivity contribution is 5.28. The maximum Gasteiger partial charge on any atom is 0.216 e. The van der Waals surface area contributed by atoms with Gasteiger partial charge in [-0.3, -0.25) is 0 Å². The molecule has 90 valence electrons. The summed E-state index contributed by atoms with van der Waals surface area (Å²) < 4.78 is 6.21. The van der Waals surface area contributed by atoms with Crippen molar-refractivity contribution in [1.29, 1.82) is 0 Å². The normalized spacial score (nSPS) is 12.6. The maximum atomic E-state index is 9.70. The first kappa shape index (κ1) is 11.6. The van der Waals surface area contributed by atoms with Gasteiger partial charge in [0, 0.05) is 18.9 Å². The van der Waals surface area contributed by atoms with E-state index in [1.165, 1.54) is 10.7 Å². The molecule has 2 rings (SSSR count). The highest BCUT2D eigenvalue weighted by Crippen LogP contribution is 2.21. The van der Waals surface area contributed by atoms with Crippen molar-refractivity contribution in [3.05, 3.63) is 36.2 Å². The first-order valence-electron chi connectivity index (χ1n) is 5.22. The van der Waals surface area contributed by atoms with Crippen molar-refractivity contribution in [3.63, 3.8) is 0 Å². The van der Waals surface area contributed by atoms with Gasteiger partial charge in [-0.1, -0.05) is 6.07 Å². The summed E-state index contributed by atoms with van der Waals surface area (Å²) in [6.07, 6.45) is 0.450. The third kappa shape index (κ3) is 2.43. The lowest BCUT2D eigenvalue weighted by Gasteiger charge is -2.06. The van der Waals surface area contributed by atoms with Crippen molar-refractivity contribution in [3.8, 4) is 11.7 Å². The number of aliphatic hydroxyl groups excluding tert-OH is 1. The second-order valence-corrected chi connectivity index (χ2v) is 3.33. The van der Waals surface area contributed by atoms with Crippen LogP contribution in [0, 0.1) is 0 Å².